The lowest BCUT2D eigenvalue weighted by Gasteiger charge is -2.39. The molecule has 0 fully saturated rings. The smallest absolute Gasteiger partial charge is 0.336 e. The first-order chi connectivity index (χ1) is 16.4. The molecule has 8 nitrogen and oxygen atoms in total. The Morgan fingerprint density at radius 3 is 2.62 bits per heavy atom. The number of hydrogen-bond acceptors (Lipinski definition) is 9. The number of hydrogen-bond donors (Lipinski definition) is 1. The second-order valence-corrected chi connectivity index (χ2v) is 9.26. The highest BCUT2D eigenvalue weighted by molar-refractivity contribution is 7.10. The monoisotopic (exact) mass is 481 g/mol. The molecule has 0 spiro atoms. The molecule has 5 rings (SSSR count). The number of thiophene rings is 1. The van der Waals surface area contributed by atoms with Crippen LogP contribution in [-0.2, 0) is 23.9 Å². The van der Waals surface area contributed by atoms with Crippen molar-refractivity contribution in [2.45, 2.75) is 25.2 Å². The summed E-state index contributed by atoms with van der Waals surface area (Å²) in [6.07, 6.45) is 0.425. The minimum Gasteiger partial charge on any atom is -0.468 e. The summed E-state index contributed by atoms with van der Waals surface area (Å²) < 4.78 is 21.1. The third-order valence-electron chi connectivity index (χ3n) is 6.52. The third-order valence-corrected chi connectivity index (χ3v) is 7.52. The lowest BCUT2D eigenvalue weighted by Crippen LogP contribution is -2.43. The summed E-state index contributed by atoms with van der Waals surface area (Å²) in [6.45, 7) is 1.89. The van der Waals surface area contributed by atoms with Gasteiger partial charge in [-0.1, -0.05) is 12.1 Å². The molecule has 1 N–H and O–H groups in total. The standard InChI is InChI=1S/C25H23NO7S/c1-12-19(24(28)30-2)20(13-6-7-16-17(9-13)33-11-32-16)22-15(26-12)10-14(18-5-4-8-34-18)21(23(22)27)25(29)31-3/h4-9,14,20-21,26H,10-11H2,1-3H3/t14-,20+,21+/m1/s1. The van der Waals surface area contributed by atoms with E-state index in [0.29, 0.717) is 46.0 Å². The van der Waals surface area contributed by atoms with E-state index in [1.807, 2.05) is 17.5 Å². The van der Waals surface area contributed by atoms with E-state index in [1.54, 1.807) is 25.1 Å². The normalized spacial score (nSPS) is 23.4. The number of fused-ring (bicyclic) bond motifs is 1. The molecule has 3 aliphatic rings. The Labute approximate surface area is 200 Å². The lowest BCUT2D eigenvalue weighted by atomic mass is 9.68. The maximum absolute atomic E-state index is 14.0. The van der Waals surface area contributed by atoms with E-state index in [9.17, 15) is 14.4 Å². The van der Waals surface area contributed by atoms with Gasteiger partial charge in [-0.05, 0) is 42.5 Å². The van der Waals surface area contributed by atoms with E-state index in [1.165, 1.54) is 25.6 Å². The van der Waals surface area contributed by atoms with E-state index in [4.69, 9.17) is 18.9 Å². The molecule has 0 saturated heterocycles. The van der Waals surface area contributed by atoms with Crippen molar-refractivity contribution in [2.24, 2.45) is 5.92 Å². The molecular formula is C25H23NO7S. The summed E-state index contributed by atoms with van der Waals surface area (Å²) in [5.41, 5.74) is 2.64. The maximum atomic E-state index is 14.0. The fourth-order valence-electron chi connectivity index (χ4n) is 5.01. The van der Waals surface area contributed by atoms with Crippen molar-refractivity contribution >= 4 is 29.1 Å². The molecule has 0 saturated carbocycles. The van der Waals surface area contributed by atoms with Crippen LogP contribution in [0.3, 0.4) is 0 Å². The van der Waals surface area contributed by atoms with E-state index < -0.39 is 23.8 Å². The minimum atomic E-state index is -1.02. The largest absolute Gasteiger partial charge is 0.468 e. The Hall–Kier alpha value is -3.59. The highest BCUT2D eigenvalue weighted by atomic mass is 32.1. The molecule has 3 atom stereocenters. The number of ether oxygens (including phenoxy) is 4. The molecule has 1 aromatic heterocycles. The molecule has 3 heterocycles. The number of carbonyl (C=O) groups excluding carboxylic acids is 3. The molecule has 2 aliphatic heterocycles. The fraction of sp³-hybridized carbons (Fsp3) is 0.320. The second-order valence-electron chi connectivity index (χ2n) is 8.28. The van der Waals surface area contributed by atoms with E-state index in [-0.39, 0.29) is 18.5 Å². The summed E-state index contributed by atoms with van der Waals surface area (Å²) in [5.74, 6) is -2.50. The van der Waals surface area contributed by atoms with Crippen LogP contribution < -0.4 is 14.8 Å². The molecule has 2 aromatic rings. The van der Waals surface area contributed by atoms with Crippen LogP contribution in [0.15, 0.2) is 58.3 Å². The van der Waals surface area contributed by atoms with E-state index in [0.717, 1.165) is 4.88 Å². The van der Waals surface area contributed by atoms with Crippen molar-refractivity contribution in [1.82, 2.24) is 5.32 Å². The van der Waals surface area contributed by atoms with Crippen LogP contribution in [-0.4, -0.2) is 38.7 Å². The van der Waals surface area contributed by atoms with Gasteiger partial charge < -0.3 is 24.3 Å². The van der Waals surface area contributed by atoms with Gasteiger partial charge in [0.05, 0.1) is 19.8 Å². The molecule has 1 aliphatic carbocycles. The first-order valence-corrected chi connectivity index (χ1v) is 11.7. The molecule has 34 heavy (non-hydrogen) atoms. The molecule has 9 heteroatoms. The number of ketones is 1. The van der Waals surface area contributed by atoms with Crippen molar-refractivity contribution in [3.63, 3.8) is 0 Å². The topological polar surface area (TPSA) is 100 Å². The molecule has 0 unspecified atom stereocenters. The number of benzene rings is 1. The number of allylic oxidation sites excluding steroid dienone is 3. The number of Topliss-reactive ketones (excluding diaryl/α,β-unsaturated/α-hetero) is 1. The van der Waals surface area contributed by atoms with Gasteiger partial charge in [0.1, 0.15) is 5.92 Å². The third kappa shape index (κ3) is 3.47. The summed E-state index contributed by atoms with van der Waals surface area (Å²) in [7, 11) is 2.58. The van der Waals surface area contributed by atoms with Crippen molar-refractivity contribution in [3.8, 4) is 11.5 Å². The van der Waals surface area contributed by atoms with Crippen LogP contribution in [0.1, 0.15) is 35.6 Å². The summed E-state index contributed by atoms with van der Waals surface area (Å²) in [6, 6.07) is 9.14. The summed E-state index contributed by atoms with van der Waals surface area (Å²) in [4.78, 5) is 40.7. The maximum Gasteiger partial charge on any atom is 0.336 e. The van der Waals surface area contributed by atoms with Gasteiger partial charge >= 0.3 is 11.9 Å². The SMILES string of the molecule is COC(=O)C1=C(C)NC2=C(C(=O)[C@@H](C(=O)OC)[C@@H](c3cccs3)C2)[C@H]1c1ccc2c(c1)OCO2. The first kappa shape index (κ1) is 22.2. The molecule has 0 radical (unpaired) electrons. The van der Waals surface area contributed by atoms with Gasteiger partial charge in [-0.15, -0.1) is 11.3 Å². The van der Waals surface area contributed by atoms with E-state index >= 15 is 0 Å². The van der Waals surface area contributed by atoms with Crippen molar-refractivity contribution in [3.05, 3.63) is 68.7 Å². The molecule has 1 aromatic carbocycles. The van der Waals surface area contributed by atoms with Gasteiger partial charge in [-0.3, -0.25) is 9.59 Å². The Morgan fingerprint density at radius 1 is 1.12 bits per heavy atom. The van der Waals surface area contributed by atoms with Crippen molar-refractivity contribution in [2.75, 3.05) is 21.0 Å². The minimum absolute atomic E-state index is 0.101. The average molecular weight is 482 g/mol. The molecular weight excluding hydrogens is 458 g/mol. The van der Waals surface area contributed by atoms with Gasteiger partial charge in [0.15, 0.2) is 17.3 Å². The number of carbonyl (C=O) groups is 3. The Kier molecular flexibility index (Phi) is 5.65. The van der Waals surface area contributed by atoms with Crippen LogP contribution in [0.5, 0.6) is 11.5 Å². The number of rotatable bonds is 4. The van der Waals surface area contributed by atoms with Crippen LogP contribution in [0.4, 0.5) is 0 Å². The summed E-state index contributed by atoms with van der Waals surface area (Å²) in [5, 5.41) is 5.19. The Balaban J connectivity index is 1.68. The van der Waals surface area contributed by atoms with Gasteiger partial charge in [0.25, 0.3) is 0 Å². The number of methoxy groups -OCH3 is 2. The zero-order valence-corrected chi connectivity index (χ0v) is 19.7. The fourth-order valence-corrected chi connectivity index (χ4v) is 5.87. The number of dihydropyridines is 1. The van der Waals surface area contributed by atoms with Crippen molar-refractivity contribution in [1.29, 1.82) is 0 Å². The highest BCUT2D eigenvalue weighted by Gasteiger charge is 2.49. The number of nitrogens with one attached hydrogen (secondary N) is 1. The Morgan fingerprint density at radius 2 is 1.91 bits per heavy atom. The highest BCUT2D eigenvalue weighted by Crippen LogP contribution is 2.49. The molecule has 0 amide bonds. The van der Waals surface area contributed by atoms with Crippen LogP contribution in [0, 0.1) is 5.92 Å². The van der Waals surface area contributed by atoms with Gasteiger partial charge in [-0.2, -0.15) is 0 Å². The zero-order valence-electron chi connectivity index (χ0n) is 18.9. The zero-order chi connectivity index (χ0) is 24.0. The van der Waals surface area contributed by atoms with Crippen LogP contribution in [0.25, 0.3) is 0 Å². The first-order valence-electron chi connectivity index (χ1n) is 10.8. The summed E-state index contributed by atoms with van der Waals surface area (Å²) >= 11 is 1.50. The van der Waals surface area contributed by atoms with Gasteiger partial charge in [0, 0.05) is 33.7 Å². The van der Waals surface area contributed by atoms with Gasteiger partial charge in [-0.25, -0.2) is 4.79 Å². The van der Waals surface area contributed by atoms with Crippen molar-refractivity contribution < 1.29 is 33.3 Å². The van der Waals surface area contributed by atoms with Crippen LogP contribution in [0.2, 0.25) is 0 Å². The number of esters is 2. The predicted molar refractivity (Wildman–Crippen MR) is 122 cm³/mol. The quantitative estimate of drug-likeness (QED) is 0.524. The lowest BCUT2D eigenvalue weighted by molar-refractivity contribution is -0.149. The predicted octanol–water partition coefficient (Wildman–Crippen LogP) is 3.41. The van der Waals surface area contributed by atoms with Gasteiger partial charge in [0.2, 0.25) is 6.79 Å². The molecule has 0 bridgehead atoms. The van der Waals surface area contributed by atoms with Crippen LogP contribution >= 0.6 is 11.3 Å². The average Bonchev–Trinajstić information content (AvgIpc) is 3.54. The van der Waals surface area contributed by atoms with E-state index in [2.05, 4.69) is 5.32 Å². The Bertz CT molecular complexity index is 1240. The molecule has 176 valence electrons. The second kappa shape index (κ2) is 8.64.